The molecule has 10 aromatic rings. The summed E-state index contributed by atoms with van der Waals surface area (Å²) in [6.45, 7) is 0. The third-order valence-corrected chi connectivity index (χ3v) is 14.1. The predicted octanol–water partition coefficient (Wildman–Crippen LogP) is 11.8. The molecule has 71 heavy (non-hydrogen) atoms. The second-order valence-corrected chi connectivity index (χ2v) is 18.4. The number of benzene rings is 10. The van der Waals surface area contributed by atoms with Gasteiger partial charge in [-0.25, -0.2) is 0 Å². The van der Waals surface area contributed by atoms with Crippen LogP contribution in [0.15, 0.2) is 170 Å². The van der Waals surface area contributed by atoms with E-state index in [1.807, 2.05) is 48.5 Å². The monoisotopic (exact) mass is 938 g/mol. The van der Waals surface area contributed by atoms with E-state index in [0.717, 1.165) is 54.9 Å². The summed E-state index contributed by atoms with van der Waals surface area (Å²) >= 11 is 0. The van der Waals surface area contributed by atoms with Gasteiger partial charge < -0.3 is 51.1 Å². The van der Waals surface area contributed by atoms with Crippen LogP contribution in [0.2, 0.25) is 0 Å². The Hall–Kier alpha value is -9.28. The molecule has 0 bridgehead atoms. The normalized spacial score (nSPS) is 12.6. The lowest BCUT2D eigenvalue weighted by molar-refractivity contribution is 0.403. The Morgan fingerprint density at radius 3 is 0.986 bits per heavy atom. The van der Waals surface area contributed by atoms with Crippen molar-refractivity contribution in [1.82, 2.24) is 0 Å². The highest BCUT2D eigenvalue weighted by atomic mass is 16.3. The van der Waals surface area contributed by atoms with E-state index < -0.39 is 5.41 Å². The molecule has 0 fully saturated rings. The summed E-state index contributed by atoms with van der Waals surface area (Å²) in [6.07, 6.45) is 0.827. The van der Waals surface area contributed by atoms with Gasteiger partial charge in [0.2, 0.25) is 0 Å². The van der Waals surface area contributed by atoms with E-state index in [9.17, 15) is 51.1 Å². The Labute approximate surface area is 407 Å². The Kier molecular flexibility index (Phi) is 10.6. The number of hydrogen-bond acceptors (Lipinski definition) is 10. The molecule has 10 heteroatoms. The van der Waals surface area contributed by atoms with Crippen molar-refractivity contribution in [2.24, 2.45) is 0 Å². The molecule has 0 heterocycles. The molecule has 0 amide bonds. The van der Waals surface area contributed by atoms with E-state index in [0.29, 0.717) is 44.5 Å². The molecule has 350 valence electrons. The zero-order chi connectivity index (χ0) is 49.3. The number of aromatic hydroxyl groups is 10. The van der Waals surface area contributed by atoms with Crippen LogP contribution in [-0.4, -0.2) is 51.1 Å². The molecular formula is C61H46O10. The first-order valence-corrected chi connectivity index (χ1v) is 23.1. The molecule has 0 aromatic heterocycles. The third-order valence-electron chi connectivity index (χ3n) is 14.1. The lowest BCUT2D eigenvalue weighted by atomic mass is 9.67. The Bertz CT molecular complexity index is 3550. The van der Waals surface area contributed by atoms with Crippen molar-refractivity contribution in [2.45, 2.75) is 31.1 Å². The predicted molar refractivity (Wildman–Crippen MR) is 272 cm³/mol. The number of phenolic OH excluding ortho intramolecular Hbond substituents is 10. The minimum Gasteiger partial charge on any atom is -0.507 e. The van der Waals surface area contributed by atoms with Gasteiger partial charge in [-0.1, -0.05) is 97.1 Å². The van der Waals surface area contributed by atoms with Gasteiger partial charge in [-0.3, -0.25) is 0 Å². The molecular weight excluding hydrogens is 893 g/mol. The van der Waals surface area contributed by atoms with E-state index in [1.165, 1.54) is 48.5 Å². The summed E-state index contributed by atoms with van der Waals surface area (Å²) < 4.78 is 0. The highest BCUT2D eigenvalue weighted by Gasteiger charge is 2.46. The number of rotatable bonds is 10. The zero-order valence-corrected chi connectivity index (χ0v) is 38.0. The molecule has 10 nitrogen and oxygen atoms in total. The molecule has 1 aliphatic rings. The Morgan fingerprint density at radius 1 is 0.296 bits per heavy atom. The lowest BCUT2D eigenvalue weighted by Crippen LogP contribution is -2.28. The van der Waals surface area contributed by atoms with Gasteiger partial charge in [-0.2, -0.15) is 0 Å². The first-order valence-electron chi connectivity index (χ1n) is 23.1. The first kappa shape index (κ1) is 44.2. The molecule has 0 saturated carbocycles. The molecule has 1 aliphatic carbocycles. The maximum Gasteiger partial charge on any atom is 0.157 e. The number of fused-ring (bicyclic) bond motifs is 5. The summed E-state index contributed by atoms with van der Waals surface area (Å²) in [5.74, 6) is -2.11. The molecule has 0 spiro atoms. The van der Waals surface area contributed by atoms with Gasteiger partial charge in [-0.15, -0.1) is 0 Å². The minimum absolute atomic E-state index is 0.0334. The topological polar surface area (TPSA) is 202 Å². The van der Waals surface area contributed by atoms with Gasteiger partial charge in [0.1, 0.15) is 11.5 Å². The van der Waals surface area contributed by atoms with Crippen molar-refractivity contribution in [3.63, 3.8) is 0 Å². The van der Waals surface area contributed by atoms with Gasteiger partial charge in [0, 0.05) is 36.8 Å². The van der Waals surface area contributed by atoms with E-state index in [2.05, 4.69) is 48.5 Å². The van der Waals surface area contributed by atoms with Crippen molar-refractivity contribution in [1.29, 1.82) is 0 Å². The molecule has 11 rings (SSSR count). The van der Waals surface area contributed by atoms with Crippen LogP contribution >= 0.6 is 0 Å². The van der Waals surface area contributed by atoms with Crippen LogP contribution in [0.5, 0.6) is 57.5 Å². The zero-order valence-electron chi connectivity index (χ0n) is 38.0. The summed E-state index contributed by atoms with van der Waals surface area (Å²) in [5.41, 5.74) is 10.0. The highest BCUT2D eigenvalue weighted by Crippen LogP contribution is 2.57. The molecule has 10 aromatic carbocycles. The SMILES string of the molecule is Oc1ccc(Cc2cc3cc(C4(c5ccc6c(Cc7ccc(O)c(O)c7)c(O)c(Cc7ccc(O)c(O)c7)cc6c5)c5ccccc5-c5ccccc54)ccc3c(Cc3ccc(O)c(O)c3)c2O)cc1O. The quantitative estimate of drug-likeness (QED) is 0.0588. The first-order chi connectivity index (χ1) is 34.3. The Morgan fingerprint density at radius 2 is 0.634 bits per heavy atom. The van der Waals surface area contributed by atoms with E-state index in [-0.39, 0.29) is 83.2 Å². The van der Waals surface area contributed by atoms with Crippen molar-refractivity contribution < 1.29 is 51.1 Å². The molecule has 0 radical (unpaired) electrons. The third kappa shape index (κ3) is 7.53. The van der Waals surface area contributed by atoms with E-state index >= 15 is 0 Å². The smallest absolute Gasteiger partial charge is 0.157 e. The number of hydrogen-bond donors (Lipinski definition) is 10. The summed E-state index contributed by atoms with van der Waals surface area (Å²) in [7, 11) is 0. The fourth-order valence-electron chi connectivity index (χ4n) is 10.8. The maximum absolute atomic E-state index is 12.1. The standard InChI is InChI=1S/C61H46O10/c62-51-17-9-33(25-55(51)66)21-39-29-37-31-41(13-15-43(37)47(59(39)70)23-35-11-19-53(64)57(68)27-35)61(49-7-3-1-5-45(49)46-6-2-4-8-50(46)61)42-14-16-44-38(32-42)30-40(22-34-10-18-52(63)56(67)26-34)60(71)48(44)24-36-12-20-54(65)58(69)28-36/h1-20,25-32,62-71H,21-24H2. The van der Waals surface area contributed by atoms with Gasteiger partial charge in [-0.05, 0) is 161 Å². The van der Waals surface area contributed by atoms with Crippen LogP contribution in [0.3, 0.4) is 0 Å². The average molecular weight is 939 g/mol. The van der Waals surface area contributed by atoms with Crippen molar-refractivity contribution >= 4 is 21.5 Å². The summed E-state index contributed by atoms with van der Waals surface area (Å²) in [4.78, 5) is 0. The fourth-order valence-corrected chi connectivity index (χ4v) is 10.8. The van der Waals surface area contributed by atoms with Crippen LogP contribution in [0.4, 0.5) is 0 Å². The maximum atomic E-state index is 12.1. The summed E-state index contributed by atoms with van der Waals surface area (Å²) in [6, 6.07) is 51.3. The molecule has 0 atom stereocenters. The highest BCUT2D eigenvalue weighted by molar-refractivity contribution is 5.95. The van der Waals surface area contributed by atoms with Crippen LogP contribution < -0.4 is 0 Å². The molecule has 10 N–H and O–H groups in total. The van der Waals surface area contributed by atoms with E-state index in [1.54, 1.807) is 24.3 Å². The lowest BCUT2D eigenvalue weighted by Gasteiger charge is -2.34. The average Bonchev–Trinajstić information content (AvgIpc) is 3.67. The summed E-state index contributed by atoms with van der Waals surface area (Å²) in [5, 5.41) is 110. The van der Waals surface area contributed by atoms with Crippen LogP contribution in [0.1, 0.15) is 66.8 Å². The van der Waals surface area contributed by atoms with Crippen LogP contribution in [0.25, 0.3) is 32.7 Å². The largest absolute Gasteiger partial charge is 0.507 e. The van der Waals surface area contributed by atoms with Gasteiger partial charge >= 0.3 is 0 Å². The molecule has 0 unspecified atom stereocenters. The Balaban J connectivity index is 1.16. The fraction of sp³-hybridized carbons (Fsp3) is 0.0820. The van der Waals surface area contributed by atoms with Crippen molar-refractivity contribution in [3.05, 3.63) is 237 Å². The van der Waals surface area contributed by atoms with Gasteiger partial charge in [0.05, 0.1) is 5.41 Å². The second-order valence-electron chi connectivity index (χ2n) is 18.4. The molecule has 0 saturated heterocycles. The van der Waals surface area contributed by atoms with Crippen molar-refractivity contribution in [2.75, 3.05) is 0 Å². The van der Waals surface area contributed by atoms with E-state index in [4.69, 9.17) is 0 Å². The van der Waals surface area contributed by atoms with Crippen LogP contribution in [-0.2, 0) is 31.1 Å². The van der Waals surface area contributed by atoms with Gasteiger partial charge in [0.25, 0.3) is 0 Å². The second kappa shape index (κ2) is 17.0. The molecule has 0 aliphatic heterocycles. The van der Waals surface area contributed by atoms with Crippen molar-refractivity contribution in [3.8, 4) is 68.6 Å². The number of phenols is 10. The van der Waals surface area contributed by atoms with Crippen LogP contribution in [0, 0.1) is 0 Å². The minimum atomic E-state index is -0.928. The van der Waals surface area contributed by atoms with Gasteiger partial charge in [0.15, 0.2) is 46.0 Å².